The number of benzene rings is 1. The van der Waals surface area contributed by atoms with Crippen molar-refractivity contribution < 1.29 is 13.9 Å². The minimum Gasteiger partial charge on any atom is -0.396 e. The van der Waals surface area contributed by atoms with Crippen LogP contribution in [0, 0.1) is 11.6 Å². The Labute approximate surface area is 109 Å². The molecule has 6 heteroatoms. The summed E-state index contributed by atoms with van der Waals surface area (Å²) in [5, 5.41) is 19.3. The van der Waals surface area contributed by atoms with E-state index in [2.05, 4.69) is 15.5 Å². The summed E-state index contributed by atoms with van der Waals surface area (Å²) in [4.78, 5) is 0. The van der Waals surface area contributed by atoms with Crippen LogP contribution < -0.4 is 5.32 Å². The quantitative estimate of drug-likeness (QED) is 0.814. The number of hydrogen-bond donors (Lipinski definition) is 2. The predicted molar refractivity (Wildman–Crippen MR) is 67.6 cm³/mol. The largest absolute Gasteiger partial charge is 0.396 e. The Hall–Kier alpha value is -2.08. The minimum absolute atomic E-state index is 0.0782. The standard InChI is InChI=1S/C13H13F2N3O/c14-9-2-3-11(15)10(8-9)12-4-5-13(18-17-12)16-6-1-7-19/h2-5,8,19H,1,6-7H2,(H,16,18). The molecule has 1 aromatic carbocycles. The van der Waals surface area contributed by atoms with Gasteiger partial charge in [0, 0.05) is 18.7 Å². The summed E-state index contributed by atoms with van der Waals surface area (Å²) in [5.74, 6) is -0.547. The number of hydrogen-bond acceptors (Lipinski definition) is 4. The van der Waals surface area contributed by atoms with Crippen LogP contribution in [0.25, 0.3) is 11.3 Å². The molecule has 0 aliphatic heterocycles. The molecule has 0 bridgehead atoms. The molecular weight excluding hydrogens is 252 g/mol. The van der Waals surface area contributed by atoms with Crippen LogP contribution in [0.2, 0.25) is 0 Å². The molecule has 0 amide bonds. The van der Waals surface area contributed by atoms with Crippen molar-refractivity contribution in [3.8, 4) is 11.3 Å². The molecule has 0 radical (unpaired) electrons. The number of nitrogens with zero attached hydrogens (tertiary/aromatic N) is 2. The van der Waals surface area contributed by atoms with E-state index in [0.717, 1.165) is 18.2 Å². The van der Waals surface area contributed by atoms with Crippen LogP contribution in [-0.2, 0) is 0 Å². The van der Waals surface area contributed by atoms with E-state index >= 15 is 0 Å². The molecule has 4 nitrogen and oxygen atoms in total. The third-order valence-electron chi connectivity index (χ3n) is 2.51. The van der Waals surface area contributed by atoms with Crippen LogP contribution in [0.1, 0.15) is 6.42 Å². The van der Waals surface area contributed by atoms with Crippen LogP contribution in [0.5, 0.6) is 0 Å². The molecule has 0 fully saturated rings. The highest BCUT2D eigenvalue weighted by atomic mass is 19.1. The lowest BCUT2D eigenvalue weighted by molar-refractivity contribution is 0.292. The molecule has 1 heterocycles. The normalized spacial score (nSPS) is 10.5. The summed E-state index contributed by atoms with van der Waals surface area (Å²) in [5.41, 5.74) is 0.346. The summed E-state index contributed by atoms with van der Waals surface area (Å²) in [6.45, 7) is 0.659. The average molecular weight is 265 g/mol. The lowest BCUT2D eigenvalue weighted by Gasteiger charge is -2.05. The SMILES string of the molecule is OCCCNc1ccc(-c2cc(F)ccc2F)nn1. The van der Waals surface area contributed by atoms with E-state index in [4.69, 9.17) is 5.11 Å². The second-order valence-electron chi connectivity index (χ2n) is 3.93. The first-order valence-corrected chi connectivity index (χ1v) is 5.84. The summed E-state index contributed by atoms with van der Waals surface area (Å²) in [6.07, 6.45) is 0.599. The lowest BCUT2D eigenvalue weighted by Crippen LogP contribution is -2.05. The maximum absolute atomic E-state index is 13.5. The van der Waals surface area contributed by atoms with Gasteiger partial charge in [0.2, 0.25) is 0 Å². The van der Waals surface area contributed by atoms with Crippen LogP contribution in [0.15, 0.2) is 30.3 Å². The maximum atomic E-state index is 13.5. The lowest BCUT2D eigenvalue weighted by atomic mass is 10.1. The van der Waals surface area contributed by atoms with Crippen LogP contribution in [0.4, 0.5) is 14.6 Å². The Bertz CT molecular complexity index is 546. The van der Waals surface area contributed by atoms with Crippen molar-refractivity contribution in [3.05, 3.63) is 42.0 Å². The molecule has 1 aromatic heterocycles. The Morgan fingerprint density at radius 2 is 1.95 bits per heavy atom. The van der Waals surface area contributed by atoms with Gasteiger partial charge < -0.3 is 10.4 Å². The van der Waals surface area contributed by atoms with Crippen molar-refractivity contribution in [3.63, 3.8) is 0 Å². The van der Waals surface area contributed by atoms with Gasteiger partial charge in [-0.15, -0.1) is 10.2 Å². The summed E-state index contributed by atoms with van der Waals surface area (Å²) >= 11 is 0. The molecule has 0 saturated carbocycles. The van der Waals surface area contributed by atoms with Crippen molar-refractivity contribution in [1.29, 1.82) is 0 Å². The molecule has 19 heavy (non-hydrogen) atoms. The van der Waals surface area contributed by atoms with Gasteiger partial charge in [-0.2, -0.15) is 0 Å². The van der Waals surface area contributed by atoms with Gasteiger partial charge in [-0.05, 0) is 36.8 Å². The van der Waals surface area contributed by atoms with Crippen molar-refractivity contribution >= 4 is 5.82 Å². The van der Waals surface area contributed by atoms with Crippen LogP contribution in [0.3, 0.4) is 0 Å². The highest BCUT2D eigenvalue weighted by Gasteiger charge is 2.08. The van der Waals surface area contributed by atoms with Gasteiger partial charge in [0.1, 0.15) is 17.5 Å². The fourth-order valence-electron chi connectivity index (χ4n) is 1.56. The average Bonchev–Trinajstić information content (AvgIpc) is 2.43. The van der Waals surface area contributed by atoms with E-state index in [1.165, 1.54) is 0 Å². The Balaban J connectivity index is 2.15. The highest BCUT2D eigenvalue weighted by Crippen LogP contribution is 2.21. The van der Waals surface area contributed by atoms with Crippen molar-refractivity contribution in [2.75, 3.05) is 18.5 Å². The number of nitrogens with one attached hydrogen (secondary N) is 1. The predicted octanol–water partition coefficient (Wildman–Crippen LogP) is 2.22. The minimum atomic E-state index is -0.545. The van der Waals surface area contributed by atoms with Crippen LogP contribution >= 0.6 is 0 Å². The zero-order chi connectivity index (χ0) is 13.7. The zero-order valence-corrected chi connectivity index (χ0v) is 10.1. The number of rotatable bonds is 5. The molecule has 0 saturated heterocycles. The molecule has 100 valence electrons. The number of aliphatic hydroxyl groups is 1. The van der Waals surface area contributed by atoms with E-state index in [-0.39, 0.29) is 17.9 Å². The molecule has 0 aliphatic carbocycles. The first-order valence-electron chi connectivity index (χ1n) is 5.84. The summed E-state index contributed by atoms with van der Waals surface area (Å²) in [6, 6.07) is 6.38. The van der Waals surface area contributed by atoms with Gasteiger partial charge in [0.25, 0.3) is 0 Å². The number of halogens is 2. The van der Waals surface area contributed by atoms with Crippen molar-refractivity contribution in [2.24, 2.45) is 0 Å². The second kappa shape index (κ2) is 6.19. The number of aromatic nitrogens is 2. The Morgan fingerprint density at radius 1 is 1.11 bits per heavy atom. The molecular formula is C13H13F2N3O. The van der Waals surface area contributed by atoms with E-state index < -0.39 is 11.6 Å². The third kappa shape index (κ3) is 3.45. The van der Waals surface area contributed by atoms with E-state index in [9.17, 15) is 8.78 Å². The van der Waals surface area contributed by atoms with Gasteiger partial charge in [0.15, 0.2) is 0 Å². The molecule has 2 rings (SSSR count). The maximum Gasteiger partial charge on any atom is 0.148 e. The summed E-state index contributed by atoms with van der Waals surface area (Å²) in [7, 11) is 0. The van der Waals surface area contributed by atoms with E-state index in [0.29, 0.717) is 18.8 Å². The van der Waals surface area contributed by atoms with Gasteiger partial charge in [-0.3, -0.25) is 0 Å². The monoisotopic (exact) mass is 265 g/mol. The van der Waals surface area contributed by atoms with Crippen molar-refractivity contribution in [1.82, 2.24) is 10.2 Å². The van der Waals surface area contributed by atoms with Gasteiger partial charge in [-0.25, -0.2) is 8.78 Å². The molecule has 0 atom stereocenters. The first-order chi connectivity index (χ1) is 9.20. The molecule has 2 aromatic rings. The first kappa shape index (κ1) is 13.4. The van der Waals surface area contributed by atoms with E-state index in [1.807, 2.05) is 0 Å². The fraction of sp³-hybridized carbons (Fsp3) is 0.231. The van der Waals surface area contributed by atoms with Gasteiger partial charge >= 0.3 is 0 Å². The number of aliphatic hydroxyl groups excluding tert-OH is 1. The Kier molecular flexibility index (Phi) is 4.35. The fourth-order valence-corrected chi connectivity index (χ4v) is 1.56. The smallest absolute Gasteiger partial charge is 0.148 e. The van der Waals surface area contributed by atoms with Gasteiger partial charge in [-0.1, -0.05) is 0 Å². The molecule has 0 aliphatic rings. The van der Waals surface area contributed by atoms with Crippen molar-refractivity contribution in [2.45, 2.75) is 6.42 Å². The molecule has 2 N–H and O–H groups in total. The molecule has 0 unspecified atom stereocenters. The summed E-state index contributed by atoms with van der Waals surface area (Å²) < 4.78 is 26.6. The molecule has 0 spiro atoms. The van der Waals surface area contributed by atoms with Gasteiger partial charge in [0.05, 0.1) is 5.69 Å². The van der Waals surface area contributed by atoms with E-state index in [1.54, 1.807) is 12.1 Å². The Morgan fingerprint density at radius 3 is 2.63 bits per heavy atom. The second-order valence-corrected chi connectivity index (χ2v) is 3.93. The van der Waals surface area contributed by atoms with Crippen LogP contribution in [-0.4, -0.2) is 28.5 Å². The highest BCUT2D eigenvalue weighted by molar-refractivity contribution is 5.60. The topological polar surface area (TPSA) is 58.0 Å². The third-order valence-corrected chi connectivity index (χ3v) is 2.51. The zero-order valence-electron chi connectivity index (χ0n) is 10.1. The number of anilines is 1.